The molecular weight excluding hydrogens is 435 g/mol. The van der Waals surface area contributed by atoms with Crippen LogP contribution in [0.1, 0.15) is 22.3 Å². The molecular formula is C22H19FN4O4S. The van der Waals surface area contributed by atoms with Crippen LogP contribution in [0, 0.1) is 17.1 Å². The Hall–Kier alpha value is -3.81. The lowest BCUT2D eigenvalue weighted by Gasteiger charge is -2.09. The topological polar surface area (TPSA) is 121 Å². The lowest BCUT2D eigenvalue weighted by Crippen LogP contribution is -2.25. The zero-order chi connectivity index (χ0) is 23.0. The Morgan fingerprint density at radius 1 is 1.09 bits per heavy atom. The summed E-state index contributed by atoms with van der Waals surface area (Å²) in [5.74, 6) is -0.0362. The van der Waals surface area contributed by atoms with Crippen molar-refractivity contribution in [2.75, 3.05) is 6.54 Å². The van der Waals surface area contributed by atoms with Crippen LogP contribution in [0.15, 0.2) is 71.8 Å². The quantitative estimate of drug-likeness (QED) is 0.479. The molecule has 1 amide bonds. The standard InChI is InChI=1S/C22H19FN4O4S/c23-18-4-6-19(7-5-18)31-21-14-16(10-13-25-21)15-26-22(28)17-2-8-20(9-3-17)32(29,30)27-12-1-11-24/h2-10,13-14,27H,1,12,15H2,(H,26,28). The van der Waals surface area contributed by atoms with E-state index in [0.717, 1.165) is 5.56 Å². The van der Waals surface area contributed by atoms with Gasteiger partial charge in [0.1, 0.15) is 11.6 Å². The average Bonchev–Trinajstić information content (AvgIpc) is 2.79. The maximum atomic E-state index is 13.0. The van der Waals surface area contributed by atoms with E-state index >= 15 is 0 Å². The summed E-state index contributed by atoms with van der Waals surface area (Å²) in [4.78, 5) is 16.5. The van der Waals surface area contributed by atoms with Gasteiger partial charge in [0.2, 0.25) is 15.9 Å². The molecule has 32 heavy (non-hydrogen) atoms. The van der Waals surface area contributed by atoms with Gasteiger partial charge in [-0.05, 0) is 60.2 Å². The average molecular weight is 454 g/mol. The summed E-state index contributed by atoms with van der Waals surface area (Å²) < 4.78 is 45.1. The van der Waals surface area contributed by atoms with E-state index < -0.39 is 10.0 Å². The fraction of sp³-hybridized carbons (Fsp3) is 0.136. The summed E-state index contributed by atoms with van der Waals surface area (Å²) in [7, 11) is -3.74. The zero-order valence-electron chi connectivity index (χ0n) is 16.8. The number of rotatable bonds is 9. The number of nitrogens with zero attached hydrogens (tertiary/aromatic N) is 2. The van der Waals surface area contributed by atoms with Crippen LogP contribution >= 0.6 is 0 Å². The van der Waals surface area contributed by atoms with E-state index in [0.29, 0.717) is 11.6 Å². The highest BCUT2D eigenvalue weighted by molar-refractivity contribution is 7.89. The Morgan fingerprint density at radius 2 is 1.81 bits per heavy atom. The van der Waals surface area contributed by atoms with Gasteiger partial charge in [-0.1, -0.05) is 0 Å². The van der Waals surface area contributed by atoms with Crippen molar-refractivity contribution in [3.63, 3.8) is 0 Å². The number of nitrogens with one attached hydrogen (secondary N) is 2. The fourth-order valence-electron chi connectivity index (χ4n) is 2.63. The van der Waals surface area contributed by atoms with Crippen LogP contribution in [0.3, 0.4) is 0 Å². The Bertz CT molecular complexity index is 1220. The highest BCUT2D eigenvalue weighted by atomic mass is 32.2. The van der Waals surface area contributed by atoms with Gasteiger partial charge in [0.05, 0.1) is 11.0 Å². The molecule has 1 heterocycles. The minimum atomic E-state index is -3.74. The zero-order valence-corrected chi connectivity index (χ0v) is 17.6. The van der Waals surface area contributed by atoms with Crippen molar-refractivity contribution < 1.29 is 22.3 Å². The third-order valence-electron chi connectivity index (χ3n) is 4.24. The third-order valence-corrected chi connectivity index (χ3v) is 5.72. The number of carbonyl (C=O) groups excluding carboxylic acids is 1. The van der Waals surface area contributed by atoms with Gasteiger partial charge < -0.3 is 10.1 Å². The number of halogens is 1. The van der Waals surface area contributed by atoms with Gasteiger partial charge in [0.25, 0.3) is 5.91 Å². The highest BCUT2D eigenvalue weighted by Crippen LogP contribution is 2.20. The molecule has 0 aliphatic rings. The predicted octanol–water partition coefficient (Wildman–Crippen LogP) is 3.13. The van der Waals surface area contributed by atoms with Crippen LogP contribution in [-0.2, 0) is 16.6 Å². The van der Waals surface area contributed by atoms with E-state index in [1.54, 1.807) is 12.1 Å². The molecule has 0 spiro atoms. The predicted molar refractivity (Wildman–Crippen MR) is 114 cm³/mol. The fourth-order valence-corrected chi connectivity index (χ4v) is 3.67. The van der Waals surface area contributed by atoms with Gasteiger partial charge in [0.15, 0.2) is 0 Å². The van der Waals surface area contributed by atoms with Crippen LogP contribution in [0.25, 0.3) is 0 Å². The van der Waals surface area contributed by atoms with Gasteiger partial charge >= 0.3 is 0 Å². The summed E-state index contributed by atoms with van der Waals surface area (Å²) in [6, 6.07) is 16.2. The second-order valence-corrected chi connectivity index (χ2v) is 8.34. The first-order valence-electron chi connectivity index (χ1n) is 9.50. The van der Waals surface area contributed by atoms with Crippen molar-refractivity contribution in [3.05, 3.63) is 83.8 Å². The second-order valence-electron chi connectivity index (χ2n) is 6.57. The summed E-state index contributed by atoms with van der Waals surface area (Å²) >= 11 is 0. The normalized spacial score (nSPS) is 10.9. The molecule has 2 N–H and O–H groups in total. The molecule has 3 rings (SSSR count). The van der Waals surface area contributed by atoms with E-state index in [1.165, 1.54) is 54.7 Å². The molecule has 1 aromatic heterocycles. The summed E-state index contributed by atoms with van der Waals surface area (Å²) in [6.07, 6.45) is 1.59. The number of carbonyl (C=O) groups is 1. The molecule has 10 heteroatoms. The molecule has 0 bridgehead atoms. The number of amides is 1. The molecule has 3 aromatic rings. The molecule has 0 unspecified atom stereocenters. The third kappa shape index (κ3) is 6.34. The van der Waals surface area contributed by atoms with Gasteiger partial charge in [-0.15, -0.1) is 0 Å². The monoisotopic (exact) mass is 454 g/mol. The molecule has 0 aliphatic carbocycles. The first kappa shape index (κ1) is 22.9. The number of pyridine rings is 1. The number of sulfonamides is 1. The van der Waals surface area contributed by atoms with Crippen molar-refractivity contribution in [2.24, 2.45) is 0 Å². The Labute approximate surface area is 184 Å². The molecule has 2 aromatic carbocycles. The van der Waals surface area contributed by atoms with Gasteiger partial charge in [0, 0.05) is 37.3 Å². The number of hydrogen-bond acceptors (Lipinski definition) is 6. The molecule has 164 valence electrons. The van der Waals surface area contributed by atoms with Crippen LogP contribution in [-0.4, -0.2) is 25.9 Å². The maximum absolute atomic E-state index is 13.0. The minimum absolute atomic E-state index is 0.00343. The van der Waals surface area contributed by atoms with Crippen LogP contribution in [0.4, 0.5) is 4.39 Å². The molecule has 0 saturated heterocycles. The summed E-state index contributed by atoms with van der Waals surface area (Å²) in [6.45, 7) is 0.205. The van der Waals surface area contributed by atoms with Crippen LogP contribution < -0.4 is 14.8 Å². The first-order chi connectivity index (χ1) is 15.4. The SMILES string of the molecule is N#CCCNS(=O)(=O)c1ccc(C(=O)NCc2ccnc(Oc3ccc(F)cc3)c2)cc1. The molecule has 0 fully saturated rings. The number of aromatic nitrogens is 1. The molecule has 0 saturated carbocycles. The van der Waals surface area contributed by atoms with Crippen molar-refractivity contribution in [1.82, 2.24) is 15.0 Å². The van der Waals surface area contributed by atoms with E-state index in [9.17, 15) is 17.6 Å². The number of hydrogen-bond donors (Lipinski definition) is 2. The molecule has 8 nitrogen and oxygen atoms in total. The molecule has 0 atom stereocenters. The van der Waals surface area contributed by atoms with E-state index in [2.05, 4.69) is 15.0 Å². The van der Waals surface area contributed by atoms with E-state index in [1.807, 2.05) is 6.07 Å². The van der Waals surface area contributed by atoms with Crippen molar-refractivity contribution >= 4 is 15.9 Å². The molecule has 0 radical (unpaired) electrons. The molecule has 0 aliphatic heterocycles. The van der Waals surface area contributed by atoms with Gasteiger partial charge in [-0.25, -0.2) is 22.5 Å². The van der Waals surface area contributed by atoms with Crippen LogP contribution in [0.2, 0.25) is 0 Å². The Morgan fingerprint density at radius 3 is 2.50 bits per heavy atom. The van der Waals surface area contributed by atoms with Crippen molar-refractivity contribution in [3.8, 4) is 17.7 Å². The first-order valence-corrected chi connectivity index (χ1v) is 11.0. The van der Waals surface area contributed by atoms with E-state index in [-0.39, 0.29) is 41.7 Å². The van der Waals surface area contributed by atoms with E-state index in [4.69, 9.17) is 10.00 Å². The Balaban J connectivity index is 1.58. The van der Waals surface area contributed by atoms with Gasteiger partial charge in [-0.3, -0.25) is 4.79 Å². The van der Waals surface area contributed by atoms with Crippen LogP contribution in [0.5, 0.6) is 11.6 Å². The summed E-state index contributed by atoms with van der Waals surface area (Å²) in [5, 5.41) is 11.2. The smallest absolute Gasteiger partial charge is 0.251 e. The largest absolute Gasteiger partial charge is 0.439 e. The van der Waals surface area contributed by atoms with Crippen molar-refractivity contribution in [1.29, 1.82) is 5.26 Å². The maximum Gasteiger partial charge on any atom is 0.251 e. The van der Waals surface area contributed by atoms with Gasteiger partial charge in [-0.2, -0.15) is 5.26 Å². The number of ether oxygens (including phenoxy) is 1. The summed E-state index contributed by atoms with van der Waals surface area (Å²) in [5.41, 5.74) is 1.02. The number of benzene rings is 2. The highest BCUT2D eigenvalue weighted by Gasteiger charge is 2.14. The number of nitriles is 1. The lowest BCUT2D eigenvalue weighted by molar-refractivity contribution is 0.0950. The van der Waals surface area contributed by atoms with Crippen molar-refractivity contribution in [2.45, 2.75) is 17.9 Å². The second kappa shape index (κ2) is 10.5. The Kier molecular flexibility index (Phi) is 7.49. The minimum Gasteiger partial charge on any atom is -0.439 e. The lowest BCUT2D eigenvalue weighted by atomic mass is 10.2.